The molecule has 0 aromatic rings. The second-order valence-electron chi connectivity index (χ2n) is 5.00. The van der Waals surface area contributed by atoms with E-state index in [1.807, 2.05) is 19.1 Å². The molecule has 0 aromatic heterocycles. The van der Waals surface area contributed by atoms with Crippen molar-refractivity contribution in [3.8, 4) is 0 Å². The van der Waals surface area contributed by atoms with Gasteiger partial charge in [-0.1, -0.05) is 31.2 Å². The molecule has 0 spiro atoms. The summed E-state index contributed by atoms with van der Waals surface area (Å²) in [4.78, 5) is 4.09. The van der Waals surface area contributed by atoms with Gasteiger partial charge in [-0.3, -0.25) is 0 Å². The molecule has 0 aromatic carbocycles. The molecule has 5 N–H and O–H groups in total. The number of guanidine groups is 1. The normalized spacial score (nSPS) is 15.5. The topological polar surface area (TPSA) is 90.9 Å². The second kappa shape index (κ2) is 11.6. The summed E-state index contributed by atoms with van der Waals surface area (Å²) in [5.41, 5.74) is 5.17. The third kappa shape index (κ3) is 8.32. The van der Waals surface area contributed by atoms with Gasteiger partial charge in [0, 0.05) is 0 Å². The highest BCUT2D eigenvalue weighted by Crippen LogP contribution is 2.15. The Morgan fingerprint density at radius 3 is 2.64 bits per heavy atom. The molecular formula is C17H29N3O2. The van der Waals surface area contributed by atoms with Crippen molar-refractivity contribution in [2.75, 3.05) is 13.2 Å². The van der Waals surface area contributed by atoms with E-state index < -0.39 is 5.54 Å². The number of aliphatic hydroxyl groups excluding tert-OH is 2. The van der Waals surface area contributed by atoms with Crippen molar-refractivity contribution in [2.45, 2.75) is 38.1 Å². The second-order valence-corrected chi connectivity index (χ2v) is 5.00. The van der Waals surface area contributed by atoms with Crippen LogP contribution in [0.4, 0.5) is 0 Å². The monoisotopic (exact) mass is 307 g/mol. The minimum Gasteiger partial charge on any atom is -0.511 e. The SMILES string of the molecule is C=CC/C=C/C(CO)(CCC=C)NC(N)=NC/C(O)=C/CC. The summed E-state index contributed by atoms with van der Waals surface area (Å²) in [6.07, 6.45) is 11.8. The molecule has 0 aliphatic rings. The highest BCUT2D eigenvalue weighted by Gasteiger charge is 2.25. The molecule has 0 amide bonds. The smallest absolute Gasteiger partial charge is 0.189 e. The number of hydrogen-bond donors (Lipinski definition) is 4. The minimum absolute atomic E-state index is 0.117. The molecule has 1 atom stereocenters. The van der Waals surface area contributed by atoms with Gasteiger partial charge >= 0.3 is 0 Å². The van der Waals surface area contributed by atoms with Crippen molar-refractivity contribution in [3.63, 3.8) is 0 Å². The molecule has 5 nitrogen and oxygen atoms in total. The zero-order valence-electron chi connectivity index (χ0n) is 13.5. The summed E-state index contributed by atoms with van der Waals surface area (Å²) >= 11 is 0. The number of allylic oxidation sites excluding steroid dienone is 4. The number of aliphatic imine (C=N–C) groups is 1. The fraction of sp³-hybridized carbons (Fsp3) is 0.471. The number of rotatable bonds is 11. The van der Waals surface area contributed by atoms with E-state index in [0.717, 1.165) is 12.8 Å². The van der Waals surface area contributed by atoms with Crippen molar-refractivity contribution in [1.29, 1.82) is 0 Å². The maximum Gasteiger partial charge on any atom is 0.189 e. The van der Waals surface area contributed by atoms with Gasteiger partial charge in [-0.2, -0.15) is 0 Å². The van der Waals surface area contributed by atoms with E-state index in [2.05, 4.69) is 23.5 Å². The van der Waals surface area contributed by atoms with E-state index in [1.165, 1.54) is 0 Å². The lowest BCUT2D eigenvalue weighted by molar-refractivity contribution is 0.205. The number of nitrogens with one attached hydrogen (secondary N) is 1. The molecule has 0 heterocycles. The third-order valence-electron chi connectivity index (χ3n) is 3.04. The molecule has 1 unspecified atom stereocenters. The van der Waals surface area contributed by atoms with Crippen LogP contribution in [0.3, 0.4) is 0 Å². The first-order chi connectivity index (χ1) is 10.5. The first kappa shape index (κ1) is 20.0. The summed E-state index contributed by atoms with van der Waals surface area (Å²) < 4.78 is 0. The Bertz CT molecular complexity index is 428. The zero-order chi connectivity index (χ0) is 16.8. The van der Waals surface area contributed by atoms with Crippen LogP contribution in [-0.2, 0) is 0 Å². The van der Waals surface area contributed by atoms with Gasteiger partial charge in [-0.05, 0) is 31.8 Å². The first-order valence-corrected chi connectivity index (χ1v) is 7.50. The standard InChI is InChI=1S/C17H29N3O2/c1-4-7-9-12-17(14-21,11-8-5-2)20-16(18)19-13-15(22)10-6-3/h4-5,9-10,12,21-22H,1-2,6-8,11,13-14H2,3H3,(H3,18,19,20)/b12-9+,15-10-. The van der Waals surface area contributed by atoms with Crippen LogP contribution in [0.5, 0.6) is 0 Å². The van der Waals surface area contributed by atoms with Crippen LogP contribution in [0.1, 0.15) is 32.6 Å². The Morgan fingerprint density at radius 2 is 2.09 bits per heavy atom. The summed E-state index contributed by atoms with van der Waals surface area (Å²) in [6, 6.07) is 0. The molecule has 0 aliphatic heterocycles. The summed E-state index contributed by atoms with van der Waals surface area (Å²) in [6.45, 7) is 9.29. The maximum atomic E-state index is 9.77. The Labute approximate surface area is 133 Å². The average Bonchev–Trinajstić information content (AvgIpc) is 2.51. The lowest BCUT2D eigenvalue weighted by atomic mass is 9.93. The van der Waals surface area contributed by atoms with Gasteiger partial charge in [0.1, 0.15) is 5.76 Å². The predicted molar refractivity (Wildman–Crippen MR) is 93.8 cm³/mol. The molecule has 0 saturated heterocycles. The van der Waals surface area contributed by atoms with Crippen LogP contribution >= 0.6 is 0 Å². The molecule has 0 bridgehead atoms. The Hall–Kier alpha value is -2.01. The highest BCUT2D eigenvalue weighted by molar-refractivity contribution is 5.79. The van der Waals surface area contributed by atoms with Crippen molar-refractivity contribution in [1.82, 2.24) is 5.32 Å². The summed E-state index contributed by atoms with van der Waals surface area (Å²) in [5.74, 6) is 0.354. The van der Waals surface area contributed by atoms with E-state index in [1.54, 1.807) is 18.2 Å². The van der Waals surface area contributed by atoms with Gasteiger partial charge in [0.25, 0.3) is 0 Å². The van der Waals surface area contributed by atoms with Crippen LogP contribution in [0.25, 0.3) is 0 Å². The van der Waals surface area contributed by atoms with Crippen molar-refractivity contribution >= 4 is 5.96 Å². The van der Waals surface area contributed by atoms with E-state index in [9.17, 15) is 10.2 Å². The molecule has 0 rings (SSSR count). The summed E-state index contributed by atoms with van der Waals surface area (Å²) in [5, 5.41) is 22.4. The Morgan fingerprint density at radius 1 is 1.36 bits per heavy atom. The molecule has 22 heavy (non-hydrogen) atoms. The van der Waals surface area contributed by atoms with Gasteiger partial charge in [-0.25, -0.2) is 4.99 Å². The fourth-order valence-electron chi connectivity index (χ4n) is 1.87. The van der Waals surface area contributed by atoms with Crippen LogP contribution in [-0.4, -0.2) is 34.9 Å². The molecule has 124 valence electrons. The lowest BCUT2D eigenvalue weighted by Gasteiger charge is -2.30. The quantitative estimate of drug-likeness (QED) is 0.204. The molecule has 0 saturated carbocycles. The van der Waals surface area contributed by atoms with Crippen molar-refractivity contribution in [3.05, 3.63) is 49.3 Å². The number of aliphatic hydroxyl groups is 2. The van der Waals surface area contributed by atoms with Crippen LogP contribution in [0.15, 0.2) is 54.3 Å². The van der Waals surface area contributed by atoms with Gasteiger partial charge in [-0.15, -0.1) is 13.2 Å². The fourth-order valence-corrected chi connectivity index (χ4v) is 1.87. The van der Waals surface area contributed by atoms with E-state index in [-0.39, 0.29) is 24.9 Å². The molecule has 0 radical (unpaired) electrons. The molecule has 0 aliphatic carbocycles. The van der Waals surface area contributed by atoms with E-state index in [4.69, 9.17) is 5.73 Å². The first-order valence-electron chi connectivity index (χ1n) is 7.50. The predicted octanol–water partition coefficient (Wildman–Crippen LogP) is 2.57. The number of nitrogens with zero attached hydrogens (tertiary/aromatic N) is 1. The van der Waals surface area contributed by atoms with E-state index >= 15 is 0 Å². The van der Waals surface area contributed by atoms with Crippen molar-refractivity contribution < 1.29 is 10.2 Å². The van der Waals surface area contributed by atoms with Gasteiger partial charge in [0.2, 0.25) is 0 Å². The number of hydrogen-bond acceptors (Lipinski definition) is 3. The molecule has 5 heteroatoms. The van der Waals surface area contributed by atoms with Gasteiger partial charge in [0.05, 0.1) is 18.7 Å². The van der Waals surface area contributed by atoms with Crippen LogP contribution in [0.2, 0.25) is 0 Å². The lowest BCUT2D eigenvalue weighted by Crippen LogP contribution is -2.52. The Balaban J connectivity index is 4.99. The maximum absolute atomic E-state index is 9.77. The molecule has 0 fully saturated rings. The molecular weight excluding hydrogens is 278 g/mol. The van der Waals surface area contributed by atoms with Gasteiger partial charge in [0.15, 0.2) is 5.96 Å². The zero-order valence-corrected chi connectivity index (χ0v) is 13.5. The van der Waals surface area contributed by atoms with E-state index in [0.29, 0.717) is 12.8 Å². The van der Waals surface area contributed by atoms with Crippen LogP contribution < -0.4 is 11.1 Å². The number of nitrogens with two attached hydrogens (primary N) is 1. The Kier molecular flexibility index (Phi) is 10.6. The highest BCUT2D eigenvalue weighted by atomic mass is 16.3. The summed E-state index contributed by atoms with van der Waals surface area (Å²) in [7, 11) is 0. The largest absolute Gasteiger partial charge is 0.511 e. The average molecular weight is 307 g/mol. The minimum atomic E-state index is -0.700. The van der Waals surface area contributed by atoms with Crippen LogP contribution in [0, 0.1) is 0 Å². The van der Waals surface area contributed by atoms with Gasteiger partial charge < -0.3 is 21.3 Å². The third-order valence-corrected chi connectivity index (χ3v) is 3.04. The van der Waals surface area contributed by atoms with Crippen molar-refractivity contribution in [2.24, 2.45) is 10.7 Å².